The van der Waals surface area contributed by atoms with Crippen molar-refractivity contribution in [1.29, 1.82) is 0 Å². The molecule has 4 aromatic rings. The molecule has 0 aliphatic carbocycles. The third-order valence-corrected chi connectivity index (χ3v) is 6.91. The van der Waals surface area contributed by atoms with Crippen LogP contribution in [0.15, 0.2) is 91.1 Å². The minimum atomic E-state index is -0.786. The van der Waals surface area contributed by atoms with Crippen molar-refractivity contribution in [3.63, 3.8) is 0 Å². The molecule has 46 heavy (non-hydrogen) atoms. The monoisotopic (exact) mass is 623 g/mol. The summed E-state index contributed by atoms with van der Waals surface area (Å²) >= 11 is 0. The second-order valence-corrected chi connectivity index (χ2v) is 11.6. The smallest absolute Gasteiger partial charge is 0.407 e. The van der Waals surface area contributed by atoms with Crippen LogP contribution in [0, 0.1) is 0 Å². The van der Waals surface area contributed by atoms with Gasteiger partial charge in [0.15, 0.2) is 0 Å². The van der Waals surface area contributed by atoms with Gasteiger partial charge in [-0.25, -0.2) is 14.6 Å². The van der Waals surface area contributed by atoms with Gasteiger partial charge in [0.1, 0.15) is 17.4 Å². The summed E-state index contributed by atoms with van der Waals surface area (Å²) in [7, 11) is 0. The maximum Gasteiger partial charge on any atom is 0.407 e. The molecule has 0 radical (unpaired) electrons. The van der Waals surface area contributed by atoms with Gasteiger partial charge in [-0.05, 0) is 93.6 Å². The van der Waals surface area contributed by atoms with Crippen molar-refractivity contribution in [2.45, 2.75) is 59.1 Å². The molecule has 1 heterocycles. The molecule has 0 aliphatic rings. The highest BCUT2D eigenvalue weighted by atomic mass is 16.6. The fourth-order valence-corrected chi connectivity index (χ4v) is 4.76. The van der Waals surface area contributed by atoms with E-state index < -0.39 is 29.6 Å². The fraction of sp³-hybridized carbons (Fsp3) is 0.297. The predicted molar refractivity (Wildman–Crippen MR) is 178 cm³/mol. The fourth-order valence-electron chi connectivity index (χ4n) is 4.76. The average Bonchev–Trinajstić information content (AvgIpc) is 3.03. The van der Waals surface area contributed by atoms with Gasteiger partial charge >= 0.3 is 12.1 Å². The number of pyridine rings is 1. The van der Waals surface area contributed by atoms with E-state index in [9.17, 15) is 14.4 Å². The third-order valence-electron chi connectivity index (χ3n) is 6.91. The second-order valence-electron chi connectivity index (χ2n) is 11.6. The Balaban J connectivity index is 1.64. The van der Waals surface area contributed by atoms with E-state index in [1.807, 2.05) is 100 Å². The van der Waals surface area contributed by atoms with Crippen molar-refractivity contribution in [2.75, 3.05) is 13.2 Å². The van der Waals surface area contributed by atoms with Crippen LogP contribution in [-0.4, -0.2) is 47.7 Å². The maximum atomic E-state index is 13.7. The number of hydrogen-bond acceptors (Lipinski definition) is 7. The molecule has 9 nitrogen and oxygen atoms in total. The van der Waals surface area contributed by atoms with E-state index in [1.165, 1.54) is 0 Å². The van der Waals surface area contributed by atoms with Gasteiger partial charge in [-0.15, -0.1) is 0 Å². The van der Waals surface area contributed by atoms with E-state index in [0.29, 0.717) is 47.7 Å². The molecule has 1 atom stereocenters. The zero-order chi connectivity index (χ0) is 33.1. The van der Waals surface area contributed by atoms with E-state index >= 15 is 0 Å². The molecule has 0 bridgehead atoms. The van der Waals surface area contributed by atoms with Crippen LogP contribution >= 0.6 is 0 Å². The number of rotatable bonds is 12. The highest BCUT2D eigenvalue weighted by molar-refractivity contribution is 6.03. The number of nitrogens with one attached hydrogen (secondary N) is 2. The van der Waals surface area contributed by atoms with Gasteiger partial charge in [0.25, 0.3) is 5.91 Å². The Morgan fingerprint density at radius 1 is 0.848 bits per heavy atom. The number of alkyl carbamates (subject to hydrolysis) is 1. The molecule has 9 heteroatoms. The lowest BCUT2D eigenvalue weighted by molar-refractivity contribution is -0.145. The van der Waals surface area contributed by atoms with Gasteiger partial charge in [-0.3, -0.25) is 4.79 Å². The number of nitrogens with zero attached hydrogens (tertiary/aromatic N) is 1. The zero-order valence-corrected chi connectivity index (χ0v) is 27.0. The van der Waals surface area contributed by atoms with Crippen LogP contribution in [0.3, 0.4) is 0 Å². The Hall–Kier alpha value is -5.18. The first kappa shape index (κ1) is 33.7. The van der Waals surface area contributed by atoms with Crippen LogP contribution in [0.4, 0.5) is 4.79 Å². The normalized spacial score (nSPS) is 11.7. The first-order chi connectivity index (χ1) is 22.1. The first-order valence-electron chi connectivity index (χ1n) is 15.4. The molecule has 0 fully saturated rings. The van der Waals surface area contributed by atoms with Gasteiger partial charge in [-0.2, -0.15) is 0 Å². The molecule has 2 amide bonds. The lowest BCUT2D eigenvalue weighted by atomic mass is 9.94. The number of benzene rings is 3. The van der Waals surface area contributed by atoms with Crippen molar-refractivity contribution in [1.82, 2.24) is 15.6 Å². The summed E-state index contributed by atoms with van der Waals surface area (Å²) in [5.74, 6) is -0.0345. The molecule has 3 aromatic carbocycles. The molecule has 240 valence electrons. The number of ether oxygens (including phenoxy) is 3. The topological polar surface area (TPSA) is 116 Å². The van der Waals surface area contributed by atoms with E-state index in [0.717, 1.165) is 16.7 Å². The summed E-state index contributed by atoms with van der Waals surface area (Å²) in [4.78, 5) is 42.7. The summed E-state index contributed by atoms with van der Waals surface area (Å²) in [6, 6.07) is 25.8. The van der Waals surface area contributed by atoms with Gasteiger partial charge in [0.05, 0.1) is 6.61 Å². The van der Waals surface area contributed by atoms with Crippen molar-refractivity contribution < 1.29 is 28.6 Å². The van der Waals surface area contributed by atoms with Crippen LogP contribution in [0.2, 0.25) is 0 Å². The summed E-state index contributed by atoms with van der Waals surface area (Å²) in [6.45, 7) is 9.61. The van der Waals surface area contributed by atoms with Gasteiger partial charge in [-0.1, -0.05) is 55.5 Å². The second kappa shape index (κ2) is 15.7. The van der Waals surface area contributed by atoms with Crippen molar-refractivity contribution in [2.24, 2.45) is 0 Å². The third kappa shape index (κ3) is 9.41. The van der Waals surface area contributed by atoms with E-state index in [2.05, 4.69) is 15.6 Å². The van der Waals surface area contributed by atoms with Crippen LogP contribution in [0.25, 0.3) is 22.3 Å². The largest absolute Gasteiger partial charge is 0.464 e. The highest BCUT2D eigenvalue weighted by Gasteiger charge is 2.24. The van der Waals surface area contributed by atoms with Crippen LogP contribution in [-0.2, 0) is 20.7 Å². The van der Waals surface area contributed by atoms with E-state index in [4.69, 9.17) is 14.2 Å². The molecular formula is C37H41N3O6. The van der Waals surface area contributed by atoms with Crippen LogP contribution in [0.1, 0.15) is 57.0 Å². The number of amides is 2. The van der Waals surface area contributed by atoms with E-state index in [1.54, 1.807) is 25.3 Å². The number of carbonyl (C=O) groups is 3. The molecule has 1 unspecified atom stereocenters. The zero-order valence-electron chi connectivity index (χ0n) is 27.0. The SMILES string of the molecule is CCOC(=O)C(CC)NC(=O)c1ccc(-c2ccccc2)cc1-c1cccnc1Oc1cccc(CCNC(=O)OC(C)(C)C)c1. The number of esters is 1. The Kier molecular flexibility index (Phi) is 11.5. The molecule has 0 aliphatic heterocycles. The minimum Gasteiger partial charge on any atom is -0.464 e. The Morgan fingerprint density at radius 3 is 2.35 bits per heavy atom. The van der Waals surface area contributed by atoms with Crippen molar-refractivity contribution in [3.05, 3.63) is 102 Å². The summed E-state index contributed by atoms with van der Waals surface area (Å²) in [6.07, 6.45) is 2.10. The minimum absolute atomic E-state index is 0.222. The molecule has 0 spiro atoms. The standard InChI is InChI=1S/C37H41N3O6/c1-6-32(35(42)44-7-2)40-33(41)29-19-18-27(26-14-9-8-10-15-26)24-31(29)30-17-12-21-38-34(30)45-28-16-11-13-25(23-28)20-22-39-36(43)46-37(3,4)5/h8-19,21,23-24,32H,6-7,20,22H2,1-5H3,(H,39,43)(H,40,41). The molecule has 4 rings (SSSR count). The van der Waals surface area contributed by atoms with Gasteiger partial charge in [0, 0.05) is 29.4 Å². The van der Waals surface area contributed by atoms with Crippen molar-refractivity contribution in [3.8, 4) is 33.9 Å². The molecule has 2 N–H and O–H groups in total. The number of carbonyl (C=O) groups excluding carboxylic acids is 3. The van der Waals surface area contributed by atoms with E-state index in [-0.39, 0.29) is 6.61 Å². The molecule has 1 aromatic heterocycles. The molecular weight excluding hydrogens is 582 g/mol. The predicted octanol–water partition coefficient (Wildman–Crippen LogP) is 7.35. The molecule has 0 saturated carbocycles. The lowest BCUT2D eigenvalue weighted by Crippen LogP contribution is -2.41. The molecule has 0 saturated heterocycles. The Morgan fingerprint density at radius 2 is 1.63 bits per heavy atom. The summed E-state index contributed by atoms with van der Waals surface area (Å²) < 4.78 is 16.8. The van der Waals surface area contributed by atoms with Crippen molar-refractivity contribution >= 4 is 18.0 Å². The number of aromatic nitrogens is 1. The average molecular weight is 624 g/mol. The van der Waals surface area contributed by atoms with Crippen LogP contribution < -0.4 is 15.4 Å². The van der Waals surface area contributed by atoms with Crippen LogP contribution in [0.5, 0.6) is 11.6 Å². The summed E-state index contributed by atoms with van der Waals surface area (Å²) in [5, 5.41) is 5.61. The van der Waals surface area contributed by atoms with Gasteiger partial charge in [0.2, 0.25) is 5.88 Å². The lowest BCUT2D eigenvalue weighted by Gasteiger charge is -2.19. The highest BCUT2D eigenvalue weighted by Crippen LogP contribution is 2.36. The number of hydrogen-bond donors (Lipinski definition) is 2. The Bertz CT molecular complexity index is 1650. The maximum absolute atomic E-state index is 13.7. The first-order valence-corrected chi connectivity index (χ1v) is 15.4. The quantitative estimate of drug-likeness (QED) is 0.159. The summed E-state index contributed by atoms with van der Waals surface area (Å²) in [5.41, 5.74) is 3.82. The Labute approximate surface area is 270 Å². The van der Waals surface area contributed by atoms with Gasteiger partial charge < -0.3 is 24.8 Å².